The van der Waals surface area contributed by atoms with Gasteiger partial charge in [0.2, 0.25) is 17.7 Å². The van der Waals surface area contributed by atoms with Gasteiger partial charge in [0.05, 0.1) is 5.34 Å². The molecular formula is C43H58Cl2N6O17. The maximum Gasteiger partial charge on any atom is 0.407 e. The molecule has 0 aromatic heterocycles. The van der Waals surface area contributed by atoms with E-state index in [4.69, 9.17) is 53.7 Å². The van der Waals surface area contributed by atoms with Gasteiger partial charge in [-0.2, -0.15) is 0 Å². The molecule has 68 heavy (non-hydrogen) atoms. The van der Waals surface area contributed by atoms with Gasteiger partial charge in [0.15, 0.2) is 0 Å². The van der Waals surface area contributed by atoms with Gasteiger partial charge in [-0.25, -0.2) is 19.2 Å². The lowest BCUT2D eigenvalue weighted by molar-refractivity contribution is -0.154. The number of halogens is 2. The number of alkyl carbamates (subject to hydrolysis) is 2. The Morgan fingerprint density at radius 2 is 1.04 bits per heavy atom. The number of likely N-dealkylation sites (tertiary alicyclic amines) is 2. The summed E-state index contributed by atoms with van der Waals surface area (Å²) >= 11 is 9.53. The van der Waals surface area contributed by atoms with Crippen molar-refractivity contribution in [3.8, 4) is 0 Å². The molecule has 2 fully saturated rings. The smallest absolute Gasteiger partial charge is 0.407 e. The molecule has 0 spiro atoms. The van der Waals surface area contributed by atoms with Crippen molar-refractivity contribution in [2.45, 2.75) is 102 Å². The molecule has 2 saturated heterocycles. The first-order valence-electron chi connectivity index (χ1n) is 20.8. The predicted molar refractivity (Wildman–Crippen MR) is 241 cm³/mol. The van der Waals surface area contributed by atoms with Crippen molar-refractivity contribution in [2.75, 3.05) is 31.5 Å². The van der Waals surface area contributed by atoms with E-state index in [0.717, 1.165) is 11.1 Å². The Kier molecular flexibility index (Phi) is 26.6. The van der Waals surface area contributed by atoms with E-state index in [0.29, 0.717) is 32.2 Å². The van der Waals surface area contributed by atoms with Gasteiger partial charge in [0.1, 0.15) is 49.5 Å². The Labute approximate surface area is 401 Å². The number of hydrogen-bond acceptors (Lipinski definition) is 13. The summed E-state index contributed by atoms with van der Waals surface area (Å²) in [6, 6.07) is 15.7. The first-order chi connectivity index (χ1) is 32.0. The van der Waals surface area contributed by atoms with Crippen molar-refractivity contribution in [3.63, 3.8) is 0 Å². The van der Waals surface area contributed by atoms with Gasteiger partial charge in [0, 0.05) is 25.9 Å². The summed E-state index contributed by atoms with van der Waals surface area (Å²) in [5.41, 5.74) is 4.11. The topological polar surface area (TPSA) is 359 Å². The molecule has 0 saturated carbocycles. The standard InChI is InChI=1S/C21H27N3O8.C16H20N2O5.C5H9NO4.CH2Cl2/c1-21(19(30)23-15(18(28)29)8-9-17(26)27)10-5-11-24(21)16(25)12-22-20(31)32-13-14-6-3-2-4-7-14;1-16(14(20)21)8-5-9-18(16)13(19)10-17-15(22)23-11-12-6-3-2-4-7-12;6-3(5(9)10)1-2-4(7)8;2-1-3/h2-4,6-7,15H,5,8-13H2,1H3,(H,22,31)(H,23,30)(H,26,27)(H,28,29);2-4,6-7H,5,8-11H2,1H3,(H,17,22)(H,20,21);3H,1-2,6H2,(H,7,8)(H,9,10);1H2/t15-,21-;16-;3-;/m000./s1. The minimum atomic E-state index is -1.39. The molecule has 2 heterocycles. The van der Waals surface area contributed by atoms with Crippen molar-refractivity contribution in [3.05, 3.63) is 71.8 Å². The monoisotopic (exact) mass is 1000 g/mol. The molecule has 10 N–H and O–H groups in total. The third-order valence-corrected chi connectivity index (χ3v) is 10.3. The second kappa shape index (κ2) is 30.5. The first-order valence-corrected chi connectivity index (χ1v) is 21.9. The van der Waals surface area contributed by atoms with Crippen LogP contribution < -0.4 is 21.7 Å². The van der Waals surface area contributed by atoms with Crippen molar-refractivity contribution in [2.24, 2.45) is 5.73 Å². The normalized spacial score (nSPS) is 17.6. The predicted octanol–water partition coefficient (Wildman–Crippen LogP) is 2.79. The Balaban J connectivity index is 0.000000556. The maximum absolute atomic E-state index is 12.8. The molecule has 0 radical (unpaired) electrons. The SMILES string of the molecule is C[C@@]1(C(=O)N[C@@H](CCC(=O)O)C(=O)O)CCCN1C(=O)CNC(=O)OCc1ccccc1.C[C@@]1(C(=O)O)CCCN1C(=O)CNC(=O)OCc1ccccc1.ClCCl.N[C@@H](CCC(=O)O)C(=O)O. The number of alkyl halides is 2. The lowest BCUT2D eigenvalue weighted by Gasteiger charge is -2.34. The number of carbonyl (C=O) groups is 10. The summed E-state index contributed by atoms with van der Waals surface area (Å²) in [6.07, 6.45) is -0.570. The van der Waals surface area contributed by atoms with Crippen LogP contribution in [0.25, 0.3) is 0 Å². The number of carboxylic acid groups (broad SMARTS) is 5. The minimum Gasteiger partial charge on any atom is -0.481 e. The Hall–Kier alpha value is -6.72. The number of nitrogens with one attached hydrogen (secondary N) is 3. The van der Waals surface area contributed by atoms with Gasteiger partial charge in [-0.15, -0.1) is 23.2 Å². The van der Waals surface area contributed by atoms with Crippen molar-refractivity contribution < 1.29 is 83.0 Å². The molecule has 25 heteroatoms. The van der Waals surface area contributed by atoms with Gasteiger partial charge in [-0.3, -0.25) is 28.8 Å². The Bertz CT molecular complexity index is 2020. The van der Waals surface area contributed by atoms with E-state index in [2.05, 4.69) is 16.0 Å². The van der Waals surface area contributed by atoms with E-state index in [9.17, 15) is 58.2 Å². The van der Waals surface area contributed by atoms with Crippen molar-refractivity contribution in [1.29, 1.82) is 0 Å². The van der Waals surface area contributed by atoms with Gasteiger partial charge < -0.3 is 66.5 Å². The molecule has 2 aromatic carbocycles. The summed E-state index contributed by atoms with van der Waals surface area (Å²) in [5, 5.41) is 50.8. The Morgan fingerprint density at radius 1 is 0.647 bits per heavy atom. The number of nitrogens with two attached hydrogens (primary N) is 1. The van der Waals surface area contributed by atoms with Crippen LogP contribution in [0.3, 0.4) is 0 Å². The van der Waals surface area contributed by atoms with Crippen LogP contribution in [0.5, 0.6) is 0 Å². The van der Waals surface area contributed by atoms with Crippen LogP contribution >= 0.6 is 23.2 Å². The summed E-state index contributed by atoms with van der Waals surface area (Å²) in [7, 11) is 0. The molecule has 2 aliphatic rings. The summed E-state index contributed by atoms with van der Waals surface area (Å²) in [4.78, 5) is 117. The number of ether oxygens (including phenoxy) is 2. The van der Waals surface area contributed by atoms with Crippen LogP contribution in [0.4, 0.5) is 9.59 Å². The highest BCUT2D eigenvalue weighted by Crippen LogP contribution is 2.30. The van der Waals surface area contributed by atoms with Gasteiger partial charge in [0.25, 0.3) is 0 Å². The molecular weight excluding hydrogens is 943 g/mol. The van der Waals surface area contributed by atoms with Crippen molar-refractivity contribution in [1.82, 2.24) is 25.8 Å². The highest BCUT2D eigenvalue weighted by atomic mass is 35.5. The molecule has 2 aromatic rings. The zero-order valence-electron chi connectivity index (χ0n) is 37.4. The molecule has 23 nitrogen and oxygen atoms in total. The van der Waals surface area contributed by atoms with E-state index < -0.39 is 95.9 Å². The quantitative estimate of drug-likeness (QED) is 0.0914. The largest absolute Gasteiger partial charge is 0.481 e. The average Bonchev–Trinajstić information content (AvgIpc) is 3.91. The number of carbonyl (C=O) groups excluding carboxylic acids is 5. The summed E-state index contributed by atoms with van der Waals surface area (Å²) in [5.74, 6) is -7.40. The fraction of sp³-hybridized carbons (Fsp3) is 0.488. The molecule has 0 bridgehead atoms. The maximum atomic E-state index is 12.8. The number of carboxylic acids is 5. The van der Waals surface area contributed by atoms with Crippen LogP contribution in [0.15, 0.2) is 60.7 Å². The molecule has 0 unspecified atom stereocenters. The number of aliphatic carboxylic acids is 5. The molecule has 5 amide bonds. The first kappa shape index (κ1) is 59.3. The number of nitrogens with zero attached hydrogens (tertiary/aromatic N) is 2. The van der Waals surface area contributed by atoms with E-state index in [1.165, 1.54) is 23.6 Å². The minimum absolute atomic E-state index is 0.0231. The third-order valence-electron chi connectivity index (χ3n) is 10.3. The molecule has 2 aliphatic heterocycles. The zero-order valence-corrected chi connectivity index (χ0v) is 38.9. The van der Waals surface area contributed by atoms with Crippen LogP contribution in [-0.2, 0) is 61.0 Å². The van der Waals surface area contributed by atoms with Crippen LogP contribution in [0, 0.1) is 0 Å². The van der Waals surface area contributed by atoms with Crippen LogP contribution in [0.2, 0.25) is 0 Å². The van der Waals surface area contributed by atoms with Crippen LogP contribution in [-0.4, -0.2) is 150 Å². The highest BCUT2D eigenvalue weighted by molar-refractivity contribution is 6.40. The Morgan fingerprint density at radius 3 is 1.43 bits per heavy atom. The van der Waals surface area contributed by atoms with E-state index in [1.807, 2.05) is 36.4 Å². The summed E-state index contributed by atoms with van der Waals surface area (Å²) < 4.78 is 10.1. The lowest BCUT2D eigenvalue weighted by Crippen LogP contribution is -2.59. The van der Waals surface area contributed by atoms with Crippen molar-refractivity contribution >= 4 is 83.0 Å². The van der Waals surface area contributed by atoms with Gasteiger partial charge in [-0.05, 0) is 63.5 Å². The lowest BCUT2D eigenvalue weighted by atomic mass is 9.96. The fourth-order valence-electron chi connectivity index (χ4n) is 6.46. The second-order valence-corrected chi connectivity index (χ2v) is 16.1. The molecule has 376 valence electrons. The van der Waals surface area contributed by atoms with E-state index in [1.54, 1.807) is 24.3 Å². The summed E-state index contributed by atoms with van der Waals surface area (Å²) in [6.45, 7) is 3.15. The van der Waals surface area contributed by atoms with E-state index in [-0.39, 0.29) is 50.9 Å². The fourth-order valence-corrected chi connectivity index (χ4v) is 6.46. The van der Waals surface area contributed by atoms with Crippen LogP contribution in [0.1, 0.15) is 76.3 Å². The number of amides is 5. The average molecular weight is 1000 g/mol. The second-order valence-electron chi connectivity index (χ2n) is 15.3. The van der Waals surface area contributed by atoms with Gasteiger partial charge >= 0.3 is 42.0 Å². The number of rotatable bonds is 19. The third kappa shape index (κ3) is 21.3. The highest BCUT2D eigenvalue weighted by Gasteiger charge is 2.47. The molecule has 0 aliphatic carbocycles. The number of hydrogen-bond donors (Lipinski definition) is 9. The van der Waals surface area contributed by atoms with E-state index >= 15 is 0 Å². The van der Waals surface area contributed by atoms with Gasteiger partial charge in [-0.1, -0.05) is 60.7 Å². The molecule has 4 rings (SSSR count). The number of benzene rings is 2. The zero-order chi connectivity index (χ0) is 51.5. The molecule has 4 atom stereocenters.